The SMILES string of the molecule is Cc1cnn(-c2ccc(Nc3cc(-c4ccc5c(CCN6CCOCC6)nn(C)c5c4)nc(N4CCOCC4)n3)cc2)n1. The van der Waals surface area contributed by atoms with Gasteiger partial charge in [-0.1, -0.05) is 12.1 Å². The van der Waals surface area contributed by atoms with Crippen molar-refractivity contribution in [1.29, 1.82) is 0 Å². The Morgan fingerprint density at radius 1 is 0.860 bits per heavy atom. The monoisotopic (exact) mass is 580 g/mol. The zero-order valence-corrected chi connectivity index (χ0v) is 24.6. The molecule has 12 heteroatoms. The second-order valence-corrected chi connectivity index (χ2v) is 11.0. The Morgan fingerprint density at radius 3 is 2.37 bits per heavy atom. The lowest BCUT2D eigenvalue weighted by atomic mass is 10.1. The summed E-state index contributed by atoms with van der Waals surface area (Å²) in [6, 6.07) is 16.5. The third-order valence-electron chi connectivity index (χ3n) is 7.98. The van der Waals surface area contributed by atoms with E-state index in [9.17, 15) is 0 Å². The fourth-order valence-electron chi connectivity index (χ4n) is 5.61. The summed E-state index contributed by atoms with van der Waals surface area (Å²) in [5, 5.41) is 18.3. The van der Waals surface area contributed by atoms with Gasteiger partial charge in [-0.25, -0.2) is 4.98 Å². The molecule has 2 fully saturated rings. The van der Waals surface area contributed by atoms with Gasteiger partial charge in [-0.15, -0.1) is 0 Å². The Labute approximate surface area is 250 Å². The lowest BCUT2D eigenvalue weighted by Gasteiger charge is -2.27. The molecular formula is C31H36N10O2. The third-order valence-corrected chi connectivity index (χ3v) is 7.98. The smallest absolute Gasteiger partial charge is 0.228 e. The van der Waals surface area contributed by atoms with Crippen molar-refractivity contribution in [2.45, 2.75) is 13.3 Å². The highest BCUT2D eigenvalue weighted by atomic mass is 16.5. The molecule has 3 aromatic heterocycles. The number of nitrogens with zero attached hydrogens (tertiary/aromatic N) is 9. The van der Waals surface area contributed by atoms with Crippen LogP contribution in [-0.4, -0.2) is 98.8 Å². The predicted molar refractivity (Wildman–Crippen MR) is 165 cm³/mol. The predicted octanol–water partition coefficient (Wildman–Crippen LogP) is 3.37. The van der Waals surface area contributed by atoms with Gasteiger partial charge in [0, 0.05) is 68.9 Å². The standard InChI is InChI=1S/C31H36N10O2/c1-22-21-32-41(36-22)25-6-4-24(5-7-25)33-30-20-28(34-31(35-30)40-13-17-43-18-14-40)23-3-8-26-27(37-38(2)29(26)19-23)9-10-39-11-15-42-16-12-39/h3-8,19-21H,9-18H2,1-2H3,(H,33,34,35). The highest BCUT2D eigenvalue weighted by Crippen LogP contribution is 2.29. The van der Waals surface area contributed by atoms with Crippen LogP contribution in [0, 0.1) is 6.92 Å². The van der Waals surface area contributed by atoms with E-state index in [4.69, 9.17) is 24.5 Å². The van der Waals surface area contributed by atoms with Gasteiger partial charge in [-0.05, 0) is 37.3 Å². The van der Waals surface area contributed by atoms with Crippen LogP contribution in [0.5, 0.6) is 0 Å². The van der Waals surface area contributed by atoms with Crippen molar-refractivity contribution in [2.24, 2.45) is 7.05 Å². The molecule has 12 nitrogen and oxygen atoms in total. The molecule has 5 aromatic rings. The first-order valence-corrected chi connectivity index (χ1v) is 14.8. The number of morpholine rings is 2. The normalized spacial score (nSPS) is 16.2. The molecule has 5 heterocycles. The molecule has 2 aliphatic heterocycles. The molecular weight excluding hydrogens is 544 g/mol. The van der Waals surface area contributed by atoms with E-state index in [0.29, 0.717) is 19.2 Å². The quantitative estimate of drug-likeness (QED) is 0.293. The van der Waals surface area contributed by atoms with E-state index in [1.165, 1.54) is 5.39 Å². The summed E-state index contributed by atoms with van der Waals surface area (Å²) in [6.07, 6.45) is 2.66. The van der Waals surface area contributed by atoms with Gasteiger partial charge in [-0.2, -0.15) is 25.1 Å². The van der Waals surface area contributed by atoms with Gasteiger partial charge in [-0.3, -0.25) is 9.58 Å². The molecule has 0 aliphatic carbocycles. The van der Waals surface area contributed by atoms with Crippen LogP contribution in [0.25, 0.3) is 27.8 Å². The minimum absolute atomic E-state index is 0.660. The van der Waals surface area contributed by atoms with Crippen LogP contribution in [0.1, 0.15) is 11.4 Å². The van der Waals surface area contributed by atoms with E-state index in [1.54, 1.807) is 11.0 Å². The summed E-state index contributed by atoms with van der Waals surface area (Å²) >= 11 is 0. The van der Waals surface area contributed by atoms with Crippen molar-refractivity contribution in [1.82, 2.24) is 39.6 Å². The van der Waals surface area contributed by atoms with E-state index in [-0.39, 0.29) is 0 Å². The molecule has 2 aromatic carbocycles. The molecule has 2 aliphatic rings. The number of rotatable bonds is 8. The van der Waals surface area contributed by atoms with Gasteiger partial charge in [0.25, 0.3) is 0 Å². The lowest BCUT2D eigenvalue weighted by Crippen LogP contribution is -2.37. The minimum atomic E-state index is 0.660. The van der Waals surface area contributed by atoms with Crippen LogP contribution in [-0.2, 0) is 22.9 Å². The molecule has 0 radical (unpaired) electrons. The van der Waals surface area contributed by atoms with Crippen molar-refractivity contribution in [2.75, 3.05) is 69.4 Å². The Morgan fingerprint density at radius 2 is 1.63 bits per heavy atom. The molecule has 0 unspecified atom stereocenters. The Kier molecular flexibility index (Phi) is 7.71. The minimum Gasteiger partial charge on any atom is -0.379 e. The molecule has 2 saturated heterocycles. The van der Waals surface area contributed by atoms with Gasteiger partial charge < -0.3 is 19.7 Å². The van der Waals surface area contributed by atoms with Gasteiger partial charge in [0.1, 0.15) is 5.82 Å². The number of anilines is 3. The molecule has 7 rings (SSSR count). The third kappa shape index (κ3) is 6.07. The highest BCUT2D eigenvalue weighted by molar-refractivity contribution is 5.87. The fourth-order valence-corrected chi connectivity index (χ4v) is 5.61. The summed E-state index contributed by atoms with van der Waals surface area (Å²) in [7, 11) is 2.01. The van der Waals surface area contributed by atoms with Crippen molar-refractivity contribution in [3.63, 3.8) is 0 Å². The molecule has 0 bridgehead atoms. The lowest BCUT2D eigenvalue weighted by molar-refractivity contribution is 0.0383. The number of benzene rings is 2. The van der Waals surface area contributed by atoms with Gasteiger partial charge >= 0.3 is 0 Å². The summed E-state index contributed by atoms with van der Waals surface area (Å²) < 4.78 is 13.1. The van der Waals surface area contributed by atoms with Crippen LogP contribution in [0.3, 0.4) is 0 Å². The number of nitrogens with one attached hydrogen (secondary N) is 1. The van der Waals surface area contributed by atoms with Crippen molar-refractivity contribution in [3.8, 4) is 16.9 Å². The van der Waals surface area contributed by atoms with Crippen molar-refractivity contribution < 1.29 is 9.47 Å². The first-order chi connectivity index (χ1) is 21.1. The summed E-state index contributed by atoms with van der Waals surface area (Å²) in [6.45, 7) is 9.31. The zero-order valence-electron chi connectivity index (χ0n) is 24.6. The average molecular weight is 581 g/mol. The average Bonchev–Trinajstić information content (AvgIpc) is 3.63. The largest absolute Gasteiger partial charge is 0.379 e. The van der Waals surface area contributed by atoms with Gasteiger partial charge in [0.15, 0.2) is 0 Å². The first kappa shape index (κ1) is 27.4. The van der Waals surface area contributed by atoms with E-state index in [2.05, 4.69) is 43.5 Å². The number of hydrogen-bond acceptors (Lipinski definition) is 10. The van der Waals surface area contributed by atoms with Crippen molar-refractivity contribution >= 4 is 28.4 Å². The van der Waals surface area contributed by atoms with E-state index in [0.717, 1.165) is 97.7 Å². The summed E-state index contributed by atoms with van der Waals surface area (Å²) in [5.41, 5.74) is 6.77. The highest BCUT2D eigenvalue weighted by Gasteiger charge is 2.18. The maximum absolute atomic E-state index is 5.59. The molecule has 0 amide bonds. The summed E-state index contributed by atoms with van der Waals surface area (Å²) in [4.78, 5) is 16.2. The second-order valence-electron chi connectivity index (χ2n) is 11.0. The molecule has 0 atom stereocenters. The number of aromatic nitrogens is 7. The molecule has 43 heavy (non-hydrogen) atoms. The van der Waals surface area contributed by atoms with Gasteiger partial charge in [0.05, 0.1) is 60.9 Å². The van der Waals surface area contributed by atoms with Crippen molar-refractivity contribution in [3.05, 3.63) is 66.1 Å². The van der Waals surface area contributed by atoms with Crippen LogP contribution in [0.4, 0.5) is 17.5 Å². The van der Waals surface area contributed by atoms with E-state index in [1.807, 2.05) is 49.0 Å². The maximum Gasteiger partial charge on any atom is 0.228 e. The van der Waals surface area contributed by atoms with Gasteiger partial charge in [0.2, 0.25) is 5.95 Å². The van der Waals surface area contributed by atoms with E-state index < -0.39 is 0 Å². The fraction of sp³-hybridized carbons (Fsp3) is 0.387. The number of fused-ring (bicyclic) bond motifs is 1. The van der Waals surface area contributed by atoms with Crippen LogP contribution < -0.4 is 10.2 Å². The topological polar surface area (TPSA) is 111 Å². The molecule has 1 N–H and O–H groups in total. The van der Waals surface area contributed by atoms with Crippen LogP contribution in [0.2, 0.25) is 0 Å². The maximum atomic E-state index is 5.59. The van der Waals surface area contributed by atoms with Crippen LogP contribution >= 0.6 is 0 Å². The molecule has 0 spiro atoms. The Bertz CT molecular complexity index is 1700. The molecule has 0 saturated carbocycles. The molecule has 222 valence electrons. The Balaban J connectivity index is 1.17. The zero-order chi connectivity index (χ0) is 29.2. The number of ether oxygens (including phenoxy) is 2. The van der Waals surface area contributed by atoms with E-state index >= 15 is 0 Å². The number of hydrogen-bond donors (Lipinski definition) is 1. The number of aryl methyl sites for hydroxylation is 2. The first-order valence-electron chi connectivity index (χ1n) is 14.8. The Hall–Kier alpha value is -4.39. The second kappa shape index (κ2) is 12.1. The summed E-state index contributed by atoms with van der Waals surface area (Å²) in [5.74, 6) is 1.41. The van der Waals surface area contributed by atoms with Crippen LogP contribution in [0.15, 0.2) is 54.7 Å².